The average Bonchev–Trinajstić information content (AvgIpc) is 2.64. The van der Waals surface area contributed by atoms with E-state index in [0.717, 1.165) is 15.2 Å². The number of esters is 2. The van der Waals surface area contributed by atoms with E-state index >= 15 is 0 Å². The lowest BCUT2D eigenvalue weighted by Gasteiger charge is -2.17. The summed E-state index contributed by atoms with van der Waals surface area (Å²) in [5.41, 5.74) is 0.436. The first kappa shape index (κ1) is 18.9. The van der Waals surface area contributed by atoms with Crippen molar-refractivity contribution in [1.82, 2.24) is 5.32 Å². The molecule has 1 N–H and O–H groups in total. The lowest BCUT2D eigenvalue weighted by Crippen LogP contribution is -2.42. The minimum absolute atomic E-state index is 0.00235. The van der Waals surface area contributed by atoms with Crippen LogP contribution >= 0.6 is 15.9 Å². The molecule has 2 aromatic rings. The molecule has 0 fully saturated rings. The van der Waals surface area contributed by atoms with Crippen LogP contribution in [0.15, 0.2) is 40.9 Å². The zero-order valence-corrected chi connectivity index (χ0v) is 15.5. The molecule has 7 heteroatoms. The summed E-state index contributed by atoms with van der Waals surface area (Å²) < 4.78 is 10.1. The van der Waals surface area contributed by atoms with Gasteiger partial charge in [0.1, 0.15) is 6.04 Å². The Labute approximate surface area is 153 Å². The molecule has 2 rings (SSSR count). The number of benzene rings is 2. The van der Waals surface area contributed by atoms with Crippen LogP contribution in [0.1, 0.15) is 23.2 Å². The van der Waals surface area contributed by atoms with Crippen molar-refractivity contribution in [2.75, 3.05) is 14.2 Å². The number of amides is 1. The van der Waals surface area contributed by atoms with Crippen LogP contribution in [-0.4, -0.2) is 38.1 Å². The average molecular weight is 408 g/mol. The number of fused-ring (bicyclic) bond motifs is 1. The third-order valence-corrected chi connectivity index (χ3v) is 4.46. The van der Waals surface area contributed by atoms with Gasteiger partial charge in [-0.2, -0.15) is 0 Å². The van der Waals surface area contributed by atoms with Crippen LogP contribution in [0, 0.1) is 0 Å². The Hall–Kier alpha value is -2.41. The number of nitrogens with one attached hydrogen (secondary N) is 1. The number of hydrogen-bond acceptors (Lipinski definition) is 5. The maximum atomic E-state index is 12.7. The zero-order chi connectivity index (χ0) is 18.4. The lowest BCUT2D eigenvalue weighted by atomic mass is 10.0. The number of halogens is 1. The highest BCUT2D eigenvalue weighted by Crippen LogP contribution is 2.26. The molecule has 0 spiro atoms. The van der Waals surface area contributed by atoms with Gasteiger partial charge in [0.25, 0.3) is 5.91 Å². The summed E-state index contributed by atoms with van der Waals surface area (Å²) in [5, 5.41) is 4.28. The van der Waals surface area contributed by atoms with Gasteiger partial charge in [-0.05, 0) is 29.3 Å². The summed E-state index contributed by atoms with van der Waals surface area (Å²) in [5.74, 6) is -1.49. The fourth-order valence-corrected chi connectivity index (χ4v) is 2.93. The van der Waals surface area contributed by atoms with E-state index in [0.29, 0.717) is 5.56 Å². The summed E-state index contributed by atoms with van der Waals surface area (Å²) >= 11 is 3.46. The van der Waals surface area contributed by atoms with Crippen molar-refractivity contribution in [2.24, 2.45) is 0 Å². The summed E-state index contributed by atoms with van der Waals surface area (Å²) in [4.78, 5) is 35.9. The van der Waals surface area contributed by atoms with E-state index in [-0.39, 0.29) is 12.8 Å². The van der Waals surface area contributed by atoms with E-state index < -0.39 is 23.9 Å². The minimum Gasteiger partial charge on any atom is -0.469 e. The summed E-state index contributed by atoms with van der Waals surface area (Å²) in [6.07, 6.45) is 0.0944. The second-order valence-electron chi connectivity index (χ2n) is 5.30. The van der Waals surface area contributed by atoms with E-state index in [1.54, 1.807) is 12.1 Å². The highest BCUT2D eigenvalue weighted by Gasteiger charge is 2.24. The van der Waals surface area contributed by atoms with Crippen LogP contribution in [0.2, 0.25) is 0 Å². The summed E-state index contributed by atoms with van der Waals surface area (Å²) in [6.45, 7) is 0. The van der Waals surface area contributed by atoms with Crippen molar-refractivity contribution in [3.05, 3.63) is 46.4 Å². The highest BCUT2D eigenvalue weighted by atomic mass is 79.9. The summed E-state index contributed by atoms with van der Waals surface area (Å²) in [6, 6.07) is 9.96. The van der Waals surface area contributed by atoms with Gasteiger partial charge in [0.05, 0.1) is 14.2 Å². The van der Waals surface area contributed by atoms with Crippen LogP contribution in [-0.2, 0) is 19.1 Å². The Morgan fingerprint density at radius 1 is 1.04 bits per heavy atom. The van der Waals surface area contributed by atoms with Gasteiger partial charge >= 0.3 is 11.9 Å². The van der Waals surface area contributed by atoms with Crippen LogP contribution in [0.4, 0.5) is 0 Å². The van der Waals surface area contributed by atoms with Gasteiger partial charge in [-0.15, -0.1) is 0 Å². The van der Waals surface area contributed by atoms with E-state index in [1.165, 1.54) is 14.2 Å². The molecule has 0 saturated carbocycles. The van der Waals surface area contributed by atoms with Crippen molar-refractivity contribution in [1.29, 1.82) is 0 Å². The van der Waals surface area contributed by atoms with E-state index in [2.05, 4.69) is 26.0 Å². The molecule has 2 aromatic carbocycles. The molecule has 132 valence electrons. The van der Waals surface area contributed by atoms with E-state index in [9.17, 15) is 14.4 Å². The molecule has 1 atom stereocenters. The lowest BCUT2D eigenvalue weighted by molar-refractivity contribution is -0.144. The van der Waals surface area contributed by atoms with Gasteiger partial charge in [0, 0.05) is 16.5 Å². The van der Waals surface area contributed by atoms with E-state index in [4.69, 9.17) is 4.74 Å². The first-order chi connectivity index (χ1) is 12.0. The Morgan fingerprint density at radius 3 is 2.36 bits per heavy atom. The molecule has 0 aliphatic rings. The molecule has 25 heavy (non-hydrogen) atoms. The molecule has 6 nitrogen and oxygen atoms in total. The molecular formula is C18H18BrNO5. The monoisotopic (exact) mass is 407 g/mol. The Balaban J connectivity index is 2.25. The summed E-state index contributed by atoms with van der Waals surface area (Å²) in [7, 11) is 2.50. The number of methoxy groups -OCH3 is 2. The second-order valence-corrected chi connectivity index (χ2v) is 6.16. The molecule has 1 unspecified atom stereocenters. The molecule has 0 radical (unpaired) electrons. The molecule has 0 bridgehead atoms. The van der Waals surface area contributed by atoms with Crippen molar-refractivity contribution < 1.29 is 23.9 Å². The second kappa shape index (κ2) is 8.62. The predicted octanol–water partition coefficient (Wildman–Crippen LogP) is 2.83. The first-order valence-corrected chi connectivity index (χ1v) is 8.40. The van der Waals surface area contributed by atoms with Gasteiger partial charge in [-0.3, -0.25) is 9.59 Å². The van der Waals surface area contributed by atoms with Crippen LogP contribution in [0.25, 0.3) is 10.8 Å². The smallest absolute Gasteiger partial charge is 0.328 e. The SMILES string of the molecule is COC(=O)CCC(NC(=O)c1ccc(Br)c2ccccc12)C(=O)OC. The van der Waals surface area contributed by atoms with Crippen molar-refractivity contribution in [2.45, 2.75) is 18.9 Å². The van der Waals surface area contributed by atoms with Crippen LogP contribution in [0.3, 0.4) is 0 Å². The fourth-order valence-electron chi connectivity index (χ4n) is 2.45. The third-order valence-electron chi connectivity index (χ3n) is 3.77. The quantitative estimate of drug-likeness (QED) is 0.744. The molecule has 0 aliphatic heterocycles. The standard InChI is InChI=1S/C18H18BrNO5/c1-24-16(21)10-9-15(18(23)25-2)20-17(22)13-7-8-14(19)12-6-4-3-5-11(12)13/h3-8,15H,9-10H2,1-2H3,(H,20,22). The first-order valence-electron chi connectivity index (χ1n) is 7.60. The van der Waals surface area contributed by atoms with Crippen molar-refractivity contribution in [3.63, 3.8) is 0 Å². The van der Waals surface area contributed by atoms with Crippen LogP contribution < -0.4 is 5.32 Å². The maximum Gasteiger partial charge on any atom is 0.328 e. The van der Waals surface area contributed by atoms with Gasteiger partial charge < -0.3 is 14.8 Å². The number of carbonyl (C=O) groups excluding carboxylic acids is 3. The van der Waals surface area contributed by atoms with E-state index in [1.807, 2.05) is 24.3 Å². The molecule has 0 heterocycles. The van der Waals surface area contributed by atoms with Crippen molar-refractivity contribution >= 4 is 44.5 Å². The van der Waals surface area contributed by atoms with Crippen LogP contribution in [0.5, 0.6) is 0 Å². The Morgan fingerprint density at radius 2 is 1.72 bits per heavy atom. The van der Waals surface area contributed by atoms with Gasteiger partial charge in [-0.1, -0.05) is 40.2 Å². The number of rotatable bonds is 6. The van der Waals surface area contributed by atoms with Gasteiger partial charge in [0.2, 0.25) is 0 Å². The van der Waals surface area contributed by atoms with Gasteiger partial charge in [-0.25, -0.2) is 4.79 Å². The Kier molecular flexibility index (Phi) is 6.52. The molecule has 0 aliphatic carbocycles. The Bertz CT molecular complexity index is 805. The molecule has 0 saturated heterocycles. The third kappa shape index (κ3) is 4.57. The predicted molar refractivity (Wildman–Crippen MR) is 96.2 cm³/mol. The highest BCUT2D eigenvalue weighted by molar-refractivity contribution is 9.10. The zero-order valence-electron chi connectivity index (χ0n) is 13.9. The fraction of sp³-hybridized carbons (Fsp3) is 0.278. The number of hydrogen-bond donors (Lipinski definition) is 1. The van der Waals surface area contributed by atoms with Gasteiger partial charge in [0.15, 0.2) is 0 Å². The molecule has 0 aromatic heterocycles. The number of ether oxygens (including phenoxy) is 2. The molecular weight excluding hydrogens is 390 g/mol. The maximum absolute atomic E-state index is 12.7. The minimum atomic E-state index is -0.931. The topological polar surface area (TPSA) is 81.7 Å². The largest absolute Gasteiger partial charge is 0.469 e. The normalized spacial score (nSPS) is 11.6. The van der Waals surface area contributed by atoms with Crippen molar-refractivity contribution in [3.8, 4) is 0 Å². The number of carbonyl (C=O) groups is 3. The molecule has 1 amide bonds.